The van der Waals surface area contributed by atoms with Gasteiger partial charge in [-0.15, -0.1) is 11.3 Å². The summed E-state index contributed by atoms with van der Waals surface area (Å²) in [6.45, 7) is 4.50. The van der Waals surface area contributed by atoms with Gasteiger partial charge in [0.1, 0.15) is 17.2 Å². The van der Waals surface area contributed by atoms with Crippen LogP contribution in [0.15, 0.2) is 5.38 Å². The van der Waals surface area contributed by atoms with Crippen LogP contribution in [-0.4, -0.2) is 45.6 Å². The fourth-order valence-electron chi connectivity index (χ4n) is 4.20. The van der Waals surface area contributed by atoms with E-state index in [2.05, 4.69) is 4.98 Å². The molecule has 1 aromatic rings. The number of hydrogen-bond donors (Lipinski definition) is 1. The molecule has 0 bridgehead atoms. The average molecular weight is 366 g/mol. The Labute approximate surface area is 152 Å². The molecule has 1 aromatic heterocycles. The molecule has 7 heteroatoms. The molecular formula is C18H26N2O4S. The minimum atomic E-state index is -0.883. The zero-order chi connectivity index (χ0) is 18.0. The van der Waals surface area contributed by atoms with Crippen LogP contribution in [0.5, 0.6) is 0 Å². The number of carboxylic acids is 1. The van der Waals surface area contributed by atoms with Crippen molar-refractivity contribution in [3.63, 3.8) is 0 Å². The highest BCUT2D eigenvalue weighted by atomic mass is 32.1. The van der Waals surface area contributed by atoms with Gasteiger partial charge in [-0.1, -0.05) is 12.8 Å². The van der Waals surface area contributed by atoms with Crippen molar-refractivity contribution >= 4 is 23.2 Å². The second-order valence-corrected chi connectivity index (χ2v) is 7.84. The van der Waals surface area contributed by atoms with Crippen molar-refractivity contribution < 1.29 is 19.4 Å². The van der Waals surface area contributed by atoms with Crippen LogP contribution >= 0.6 is 11.3 Å². The molecule has 2 aliphatic rings. The van der Waals surface area contributed by atoms with E-state index in [1.54, 1.807) is 4.90 Å². The largest absolute Gasteiger partial charge is 0.480 e. The van der Waals surface area contributed by atoms with Gasteiger partial charge >= 0.3 is 5.97 Å². The lowest BCUT2D eigenvalue weighted by Crippen LogP contribution is -2.46. The third kappa shape index (κ3) is 3.87. The van der Waals surface area contributed by atoms with Crippen LogP contribution < -0.4 is 0 Å². The van der Waals surface area contributed by atoms with Gasteiger partial charge < -0.3 is 14.7 Å². The van der Waals surface area contributed by atoms with Gasteiger partial charge in [0.25, 0.3) is 0 Å². The van der Waals surface area contributed by atoms with E-state index in [1.807, 2.05) is 19.2 Å². The van der Waals surface area contributed by atoms with E-state index in [0.29, 0.717) is 24.6 Å². The maximum absolute atomic E-state index is 12.9. The number of aliphatic carboxylic acids is 1. The van der Waals surface area contributed by atoms with Crippen LogP contribution in [0.4, 0.5) is 0 Å². The Balaban J connectivity index is 1.71. The number of nitrogens with zero attached hydrogens (tertiary/aromatic N) is 2. The first-order valence-electron chi connectivity index (χ1n) is 9.11. The lowest BCUT2D eigenvalue weighted by molar-refractivity contribution is -0.149. The van der Waals surface area contributed by atoms with Crippen LogP contribution in [0.3, 0.4) is 0 Å². The molecule has 1 saturated carbocycles. The molecule has 0 radical (unpaired) electrons. The van der Waals surface area contributed by atoms with Crippen molar-refractivity contribution in [2.24, 2.45) is 5.92 Å². The summed E-state index contributed by atoms with van der Waals surface area (Å²) >= 11 is 1.49. The highest BCUT2D eigenvalue weighted by molar-refractivity contribution is 7.09. The molecule has 4 atom stereocenters. The van der Waals surface area contributed by atoms with Gasteiger partial charge in [-0.05, 0) is 39.0 Å². The number of aromatic nitrogens is 1. The normalized spacial score (nSPS) is 27.1. The third-order valence-corrected chi connectivity index (χ3v) is 6.38. The Hall–Kier alpha value is -1.47. The van der Waals surface area contributed by atoms with Crippen LogP contribution in [0, 0.1) is 5.92 Å². The second-order valence-electron chi connectivity index (χ2n) is 6.95. The Morgan fingerprint density at radius 1 is 1.44 bits per heavy atom. The molecule has 138 valence electrons. The van der Waals surface area contributed by atoms with E-state index >= 15 is 0 Å². The number of hydrogen-bond acceptors (Lipinski definition) is 5. The summed E-state index contributed by atoms with van der Waals surface area (Å²) in [7, 11) is 0. The summed E-state index contributed by atoms with van der Waals surface area (Å²) in [6.07, 6.45) is 4.84. The van der Waals surface area contributed by atoms with E-state index in [1.165, 1.54) is 11.3 Å². The van der Waals surface area contributed by atoms with Crippen molar-refractivity contribution in [2.75, 3.05) is 6.61 Å². The smallest absolute Gasteiger partial charge is 0.326 e. The minimum Gasteiger partial charge on any atom is -0.480 e. The first-order valence-corrected chi connectivity index (χ1v) is 9.99. The summed E-state index contributed by atoms with van der Waals surface area (Å²) in [4.78, 5) is 30.7. The molecule has 1 aliphatic heterocycles. The predicted octanol–water partition coefficient (Wildman–Crippen LogP) is 3.03. The quantitative estimate of drug-likeness (QED) is 0.837. The molecule has 3 rings (SSSR count). The fraction of sp³-hybridized carbons (Fsp3) is 0.722. The molecule has 1 amide bonds. The van der Waals surface area contributed by atoms with E-state index in [0.717, 1.165) is 30.7 Å². The number of fused-ring (bicyclic) bond motifs is 1. The van der Waals surface area contributed by atoms with Crippen molar-refractivity contribution in [1.82, 2.24) is 9.88 Å². The molecule has 2 fully saturated rings. The molecule has 1 saturated heterocycles. The van der Waals surface area contributed by atoms with E-state index in [-0.39, 0.29) is 24.5 Å². The van der Waals surface area contributed by atoms with Crippen molar-refractivity contribution in [2.45, 2.75) is 70.6 Å². The van der Waals surface area contributed by atoms with Gasteiger partial charge in [0, 0.05) is 18.0 Å². The van der Waals surface area contributed by atoms with Crippen LogP contribution in [0.2, 0.25) is 0 Å². The van der Waals surface area contributed by atoms with E-state index < -0.39 is 12.0 Å². The Bertz CT molecular complexity index is 632. The minimum absolute atomic E-state index is 0.0832. The second kappa shape index (κ2) is 7.83. The highest BCUT2D eigenvalue weighted by Gasteiger charge is 2.47. The summed E-state index contributed by atoms with van der Waals surface area (Å²) < 4.78 is 5.54. The van der Waals surface area contributed by atoms with Gasteiger partial charge in [0.2, 0.25) is 5.91 Å². The van der Waals surface area contributed by atoms with Crippen LogP contribution in [-0.2, 0) is 20.7 Å². The van der Waals surface area contributed by atoms with Gasteiger partial charge in [-0.2, -0.15) is 0 Å². The van der Waals surface area contributed by atoms with Crippen molar-refractivity contribution in [3.05, 3.63) is 16.1 Å². The highest BCUT2D eigenvalue weighted by Crippen LogP contribution is 2.40. The summed E-state index contributed by atoms with van der Waals surface area (Å²) in [6, 6.07) is -0.594. The first-order chi connectivity index (χ1) is 12.0. The monoisotopic (exact) mass is 366 g/mol. The molecule has 25 heavy (non-hydrogen) atoms. The van der Waals surface area contributed by atoms with Gasteiger partial charge in [-0.25, -0.2) is 9.78 Å². The summed E-state index contributed by atoms with van der Waals surface area (Å²) in [5, 5.41) is 12.3. The van der Waals surface area contributed by atoms with E-state index in [4.69, 9.17) is 4.74 Å². The molecule has 6 nitrogen and oxygen atoms in total. The number of rotatable bonds is 6. The van der Waals surface area contributed by atoms with Crippen LogP contribution in [0.1, 0.15) is 62.8 Å². The molecular weight excluding hydrogens is 340 g/mol. The number of carbonyl (C=O) groups excluding carboxylic acids is 1. The van der Waals surface area contributed by atoms with Crippen LogP contribution in [0.25, 0.3) is 0 Å². The molecule has 0 unspecified atom stereocenters. The topological polar surface area (TPSA) is 79.7 Å². The third-order valence-electron chi connectivity index (χ3n) is 5.33. The Kier molecular flexibility index (Phi) is 5.74. The standard InChI is InChI=1S/C18H26N2O4S/c1-3-24-11(2)17-19-13(10-25-17)9-16(21)20-14-7-5-4-6-12(14)8-15(20)18(22)23/h10-12,14-15H,3-9H2,1-2H3,(H,22,23)/t11-,12-,14-,15+/m1/s1. The molecule has 0 aromatic carbocycles. The van der Waals surface area contributed by atoms with Gasteiger partial charge in [0.05, 0.1) is 12.1 Å². The number of carbonyl (C=O) groups is 2. The lowest BCUT2D eigenvalue weighted by Gasteiger charge is -2.33. The average Bonchev–Trinajstić information content (AvgIpc) is 3.19. The number of amides is 1. The first kappa shape index (κ1) is 18.3. The van der Waals surface area contributed by atoms with Crippen molar-refractivity contribution in [1.29, 1.82) is 0 Å². The lowest BCUT2D eigenvalue weighted by atomic mass is 9.84. The number of thiazole rings is 1. The SMILES string of the molecule is CCO[C@H](C)c1nc(CC(=O)N2[C@@H]3CCCC[C@@H]3C[C@H]2C(=O)O)cs1. The maximum atomic E-state index is 12.9. The Morgan fingerprint density at radius 3 is 2.92 bits per heavy atom. The summed E-state index contributed by atoms with van der Waals surface area (Å²) in [5.74, 6) is -0.655. The predicted molar refractivity (Wildman–Crippen MR) is 94.5 cm³/mol. The Morgan fingerprint density at radius 2 is 2.20 bits per heavy atom. The molecule has 2 heterocycles. The van der Waals surface area contributed by atoms with E-state index in [9.17, 15) is 14.7 Å². The number of likely N-dealkylation sites (tertiary alicyclic amines) is 1. The maximum Gasteiger partial charge on any atom is 0.326 e. The fourth-order valence-corrected chi connectivity index (χ4v) is 5.02. The molecule has 1 aliphatic carbocycles. The van der Waals surface area contributed by atoms with Gasteiger partial charge in [-0.3, -0.25) is 4.79 Å². The summed E-state index contributed by atoms with van der Waals surface area (Å²) in [5.41, 5.74) is 0.708. The van der Waals surface area contributed by atoms with Gasteiger partial charge in [0.15, 0.2) is 0 Å². The zero-order valence-corrected chi connectivity index (χ0v) is 15.6. The zero-order valence-electron chi connectivity index (χ0n) is 14.8. The van der Waals surface area contributed by atoms with Crippen molar-refractivity contribution in [3.8, 4) is 0 Å². The molecule has 1 N–H and O–H groups in total. The number of carboxylic acid groups (broad SMARTS) is 1. The number of ether oxygens (including phenoxy) is 1. The molecule has 0 spiro atoms.